The zero-order chi connectivity index (χ0) is 19.4. The molecule has 1 aromatic carbocycles. The number of β-lactam (4-membered cyclic amide) rings is 1. The molecule has 1 aliphatic rings. The highest BCUT2D eigenvalue weighted by Gasteiger charge is 2.56. The summed E-state index contributed by atoms with van der Waals surface area (Å²) in [5.41, 5.74) is 0.767. The lowest BCUT2D eigenvalue weighted by atomic mass is 9.99. The van der Waals surface area contributed by atoms with E-state index >= 15 is 0 Å². The predicted molar refractivity (Wildman–Crippen MR) is 92.4 cm³/mol. The van der Waals surface area contributed by atoms with Gasteiger partial charge in [-0.3, -0.25) is 9.35 Å². The molecule has 2 aromatic rings. The first kappa shape index (κ1) is 18.8. The standard InChI is InChI=1S/C17H17N3O6S/c21-16-15(18-17(22)26-12-13-7-3-1-4-8-13)14(20(16)27(23,24)25)11-19-9-5-2-6-10-19/h1-10,14-15H,11-12H2,(H-,18,22,23,24,25)/p+1/t14-,15+/m0/s1. The summed E-state index contributed by atoms with van der Waals surface area (Å²) in [4.78, 5) is 24.1. The van der Waals surface area contributed by atoms with Crippen molar-refractivity contribution in [2.45, 2.75) is 25.2 Å². The van der Waals surface area contributed by atoms with Gasteiger partial charge in [0.05, 0.1) is 0 Å². The number of hydrogen-bond acceptors (Lipinski definition) is 5. The summed E-state index contributed by atoms with van der Waals surface area (Å²) in [5, 5.41) is 2.37. The van der Waals surface area contributed by atoms with Crippen LogP contribution in [0.1, 0.15) is 5.56 Å². The Morgan fingerprint density at radius 3 is 2.41 bits per heavy atom. The van der Waals surface area contributed by atoms with Gasteiger partial charge >= 0.3 is 16.4 Å². The van der Waals surface area contributed by atoms with Crippen LogP contribution in [0, 0.1) is 0 Å². The maximum absolute atomic E-state index is 12.1. The lowest BCUT2D eigenvalue weighted by Gasteiger charge is -2.42. The van der Waals surface area contributed by atoms with Gasteiger partial charge in [0, 0.05) is 12.1 Å². The van der Waals surface area contributed by atoms with Gasteiger partial charge in [-0.1, -0.05) is 36.4 Å². The highest BCUT2D eigenvalue weighted by Crippen LogP contribution is 2.24. The third-order valence-corrected chi connectivity index (χ3v) is 5.03. The fourth-order valence-corrected chi connectivity index (χ4v) is 3.68. The molecular formula is C17H18N3O6S+. The molecule has 1 fully saturated rings. The second-order valence-electron chi connectivity index (χ2n) is 5.94. The Bertz CT molecular complexity index is 920. The average Bonchev–Trinajstić information content (AvgIpc) is 2.64. The molecule has 0 spiro atoms. The first-order chi connectivity index (χ1) is 12.9. The molecule has 2 heterocycles. The molecule has 142 valence electrons. The SMILES string of the molecule is O=C(N[C@H]1C(=O)N(S(=O)(=O)O)[C@H]1C[n+]1ccccc1)OCc1ccccc1. The predicted octanol–water partition coefficient (Wildman–Crippen LogP) is 0.283. The topological polar surface area (TPSA) is 117 Å². The van der Waals surface area contributed by atoms with Crippen molar-refractivity contribution in [2.75, 3.05) is 0 Å². The van der Waals surface area contributed by atoms with E-state index in [0.29, 0.717) is 4.31 Å². The summed E-state index contributed by atoms with van der Waals surface area (Å²) in [6.45, 7) is 0.0731. The van der Waals surface area contributed by atoms with Crippen molar-refractivity contribution < 1.29 is 31.9 Å². The second-order valence-corrected chi connectivity index (χ2v) is 7.22. The Labute approximate surface area is 156 Å². The Hall–Kier alpha value is -2.98. The first-order valence-corrected chi connectivity index (χ1v) is 9.48. The molecule has 1 aliphatic heterocycles. The number of aromatic nitrogens is 1. The van der Waals surface area contributed by atoms with E-state index in [2.05, 4.69) is 5.32 Å². The number of carbonyl (C=O) groups is 2. The van der Waals surface area contributed by atoms with Crippen LogP contribution in [-0.4, -0.2) is 41.4 Å². The van der Waals surface area contributed by atoms with E-state index in [1.165, 1.54) is 0 Å². The average molecular weight is 392 g/mol. The van der Waals surface area contributed by atoms with Crippen LogP contribution in [0.5, 0.6) is 0 Å². The van der Waals surface area contributed by atoms with E-state index < -0.39 is 34.4 Å². The number of nitrogens with one attached hydrogen (secondary N) is 1. The molecule has 2 amide bonds. The molecule has 2 atom stereocenters. The number of pyridine rings is 1. The number of amides is 2. The Morgan fingerprint density at radius 1 is 1.15 bits per heavy atom. The van der Waals surface area contributed by atoms with Gasteiger partial charge in [-0.15, -0.1) is 0 Å². The maximum Gasteiger partial charge on any atom is 0.408 e. The Balaban J connectivity index is 1.66. The zero-order valence-corrected chi connectivity index (χ0v) is 15.0. The number of ether oxygens (including phenoxy) is 1. The number of benzene rings is 1. The van der Waals surface area contributed by atoms with E-state index in [4.69, 9.17) is 4.74 Å². The minimum atomic E-state index is -4.73. The van der Waals surface area contributed by atoms with Crippen LogP contribution in [0.25, 0.3) is 0 Å². The number of alkyl carbamates (subject to hydrolysis) is 1. The lowest BCUT2D eigenvalue weighted by Crippen LogP contribution is -2.74. The minimum Gasteiger partial charge on any atom is -0.445 e. The summed E-state index contributed by atoms with van der Waals surface area (Å²) in [6.07, 6.45) is 2.50. The largest absolute Gasteiger partial charge is 0.445 e. The summed E-state index contributed by atoms with van der Waals surface area (Å²) in [7, 11) is -4.73. The van der Waals surface area contributed by atoms with Crippen molar-refractivity contribution in [3.8, 4) is 0 Å². The van der Waals surface area contributed by atoms with Gasteiger partial charge in [0.15, 0.2) is 18.9 Å². The second kappa shape index (κ2) is 7.72. The third kappa shape index (κ3) is 4.41. The van der Waals surface area contributed by atoms with Crippen LogP contribution in [0.3, 0.4) is 0 Å². The molecule has 3 rings (SSSR count). The number of rotatable bonds is 6. The van der Waals surface area contributed by atoms with Gasteiger partial charge in [0.2, 0.25) is 0 Å². The van der Waals surface area contributed by atoms with Gasteiger partial charge in [0.1, 0.15) is 18.7 Å². The first-order valence-electron chi connectivity index (χ1n) is 8.08. The van der Waals surface area contributed by atoms with Gasteiger partial charge in [0.25, 0.3) is 5.91 Å². The fourth-order valence-electron chi connectivity index (χ4n) is 2.80. The van der Waals surface area contributed by atoms with E-state index in [1.807, 2.05) is 6.07 Å². The maximum atomic E-state index is 12.1. The van der Waals surface area contributed by atoms with Crippen molar-refractivity contribution in [1.82, 2.24) is 9.62 Å². The molecule has 0 radical (unpaired) electrons. The van der Waals surface area contributed by atoms with E-state index in [1.54, 1.807) is 59.4 Å². The number of nitrogens with zero attached hydrogens (tertiary/aromatic N) is 2. The minimum absolute atomic E-state index is 0.00764. The van der Waals surface area contributed by atoms with Gasteiger partial charge in [-0.05, 0) is 5.56 Å². The van der Waals surface area contributed by atoms with Crippen molar-refractivity contribution in [3.05, 3.63) is 66.5 Å². The van der Waals surface area contributed by atoms with Gasteiger partial charge in [-0.25, -0.2) is 13.7 Å². The quantitative estimate of drug-likeness (QED) is 0.414. The molecule has 27 heavy (non-hydrogen) atoms. The molecule has 10 heteroatoms. The van der Waals surface area contributed by atoms with Crippen LogP contribution in [0.4, 0.5) is 4.79 Å². The van der Waals surface area contributed by atoms with Crippen molar-refractivity contribution >= 4 is 22.3 Å². The molecular weight excluding hydrogens is 374 g/mol. The molecule has 9 nitrogen and oxygen atoms in total. The van der Waals surface area contributed by atoms with E-state index in [9.17, 15) is 22.6 Å². The third-order valence-electron chi connectivity index (χ3n) is 4.08. The molecule has 1 aromatic heterocycles. The van der Waals surface area contributed by atoms with Gasteiger partial charge in [-0.2, -0.15) is 8.42 Å². The fraction of sp³-hybridized carbons (Fsp3) is 0.235. The molecule has 2 N–H and O–H groups in total. The van der Waals surface area contributed by atoms with Crippen LogP contribution < -0.4 is 9.88 Å². The molecule has 0 aliphatic carbocycles. The number of hydrogen-bond donors (Lipinski definition) is 2. The van der Waals surface area contributed by atoms with E-state index in [0.717, 1.165) is 5.56 Å². The normalized spacial score (nSPS) is 19.3. The monoisotopic (exact) mass is 392 g/mol. The summed E-state index contributed by atoms with van der Waals surface area (Å²) in [6, 6.07) is 12.1. The van der Waals surface area contributed by atoms with Crippen LogP contribution in [0.2, 0.25) is 0 Å². The summed E-state index contributed by atoms with van der Waals surface area (Å²) < 4.78 is 39.3. The van der Waals surface area contributed by atoms with Crippen molar-refractivity contribution in [1.29, 1.82) is 0 Å². The van der Waals surface area contributed by atoms with E-state index in [-0.39, 0.29) is 13.2 Å². The highest BCUT2D eigenvalue weighted by atomic mass is 32.2. The Kier molecular flexibility index (Phi) is 5.38. The molecule has 0 unspecified atom stereocenters. The van der Waals surface area contributed by atoms with Crippen LogP contribution >= 0.6 is 0 Å². The molecule has 0 bridgehead atoms. The number of carbonyl (C=O) groups excluding carboxylic acids is 2. The van der Waals surface area contributed by atoms with Crippen molar-refractivity contribution in [3.63, 3.8) is 0 Å². The van der Waals surface area contributed by atoms with Gasteiger partial charge < -0.3 is 10.1 Å². The Morgan fingerprint density at radius 2 is 1.78 bits per heavy atom. The van der Waals surface area contributed by atoms with Crippen LogP contribution in [0.15, 0.2) is 60.9 Å². The summed E-state index contributed by atoms with van der Waals surface area (Å²) in [5.74, 6) is -0.921. The highest BCUT2D eigenvalue weighted by molar-refractivity contribution is 7.84. The smallest absolute Gasteiger partial charge is 0.408 e. The molecule has 1 saturated heterocycles. The summed E-state index contributed by atoms with van der Waals surface area (Å²) >= 11 is 0. The molecule has 0 saturated carbocycles. The van der Waals surface area contributed by atoms with Crippen LogP contribution in [-0.2, 0) is 33.0 Å². The van der Waals surface area contributed by atoms with Crippen molar-refractivity contribution in [2.24, 2.45) is 0 Å². The lowest BCUT2D eigenvalue weighted by molar-refractivity contribution is -0.701. The zero-order valence-electron chi connectivity index (χ0n) is 14.1.